The number of carbonyl (C=O) groups excluding carboxylic acids is 3. The Balaban J connectivity index is 1.27. The number of para-hydroxylation sites is 1. The van der Waals surface area contributed by atoms with Gasteiger partial charge in [0, 0.05) is 68.0 Å². The van der Waals surface area contributed by atoms with Crippen LogP contribution in [0, 0.1) is 13.8 Å². The highest BCUT2D eigenvalue weighted by molar-refractivity contribution is 6.08. The number of carbonyl (C=O) groups is 3. The maximum Gasteiger partial charge on any atom is 0.415 e. The van der Waals surface area contributed by atoms with E-state index in [1.54, 1.807) is 29.0 Å². The van der Waals surface area contributed by atoms with Crippen LogP contribution in [-0.2, 0) is 33.0 Å². The van der Waals surface area contributed by atoms with E-state index in [4.69, 9.17) is 4.74 Å². The second kappa shape index (κ2) is 13.3. The zero-order valence-corrected chi connectivity index (χ0v) is 29.3. The van der Waals surface area contributed by atoms with Crippen LogP contribution in [0.5, 0.6) is 5.75 Å². The van der Waals surface area contributed by atoms with Gasteiger partial charge in [0.15, 0.2) is 0 Å². The lowest BCUT2D eigenvalue weighted by Crippen LogP contribution is -2.43. The normalized spacial score (nSPS) is 15.3. The van der Waals surface area contributed by atoms with E-state index in [2.05, 4.69) is 25.1 Å². The Bertz CT molecular complexity index is 2100. The van der Waals surface area contributed by atoms with Gasteiger partial charge in [0.1, 0.15) is 5.75 Å². The zero-order valence-electron chi connectivity index (χ0n) is 29.3. The number of fused-ring (bicyclic) bond motifs is 2. The molecule has 0 radical (unpaired) electrons. The molecule has 7 rings (SSSR count). The monoisotopic (exact) mass is 666 g/mol. The second-order valence-corrected chi connectivity index (χ2v) is 13.6. The molecule has 1 aromatic heterocycles. The third-order valence-corrected chi connectivity index (χ3v) is 10.3. The van der Waals surface area contributed by atoms with Crippen LogP contribution in [-0.4, -0.2) is 51.9 Å². The van der Waals surface area contributed by atoms with Crippen molar-refractivity contribution in [3.63, 3.8) is 0 Å². The average Bonchev–Trinajstić information content (AvgIpc) is 3.43. The van der Waals surface area contributed by atoms with Crippen LogP contribution in [0.15, 0.2) is 97.1 Å². The summed E-state index contributed by atoms with van der Waals surface area (Å²) in [5.41, 5.74) is 9.81. The summed E-state index contributed by atoms with van der Waals surface area (Å²) in [5.74, 6) is 0.307. The molecule has 8 heteroatoms. The van der Waals surface area contributed by atoms with Gasteiger partial charge in [0.2, 0.25) is 0 Å². The molecule has 1 unspecified atom stereocenters. The first kappa shape index (κ1) is 32.9. The minimum atomic E-state index is -0.415. The van der Waals surface area contributed by atoms with Gasteiger partial charge < -0.3 is 24.0 Å². The number of hydrogen-bond donors (Lipinski definition) is 0. The summed E-state index contributed by atoms with van der Waals surface area (Å²) < 4.78 is 7.72. The van der Waals surface area contributed by atoms with Crippen molar-refractivity contribution >= 4 is 23.6 Å². The number of hydrogen-bond acceptors (Lipinski definition) is 4. The van der Waals surface area contributed by atoms with E-state index in [0.29, 0.717) is 42.9 Å². The van der Waals surface area contributed by atoms with Gasteiger partial charge in [-0.1, -0.05) is 60.2 Å². The predicted octanol–water partition coefficient (Wildman–Crippen LogP) is 7.73. The summed E-state index contributed by atoms with van der Waals surface area (Å²) in [7, 11) is 3.73. The quantitative estimate of drug-likeness (QED) is 0.193. The predicted molar refractivity (Wildman–Crippen MR) is 196 cm³/mol. The molecule has 8 nitrogen and oxygen atoms in total. The minimum absolute atomic E-state index is 0.00548. The molecule has 4 aromatic carbocycles. The van der Waals surface area contributed by atoms with E-state index in [1.165, 1.54) is 5.56 Å². The Morgan fingerprint density at radius 2 is 1.48 bits per heavy atom. The molecule has 2 aliphatic heterocycles. The maximum absolute atomic E-state index is 14.8. The largest absolute Gasteiger partial charge is 0.415 e. The SMILES string of the molecule is Cc1ccc(OC(=O)N2CCc3cc(-c4cc(C(=O)N(C)c5ccccc5)c(C)n4C)c(C(=O)N4Cc5ccccc5CC4C)cc3C2)cc1. The molecule has 5 aromatic rings. The molecule has 0 saturated heterocycles. The summed E-state index contributed by atoms with van der Waals surface area (Å²) in [6.45, 7) is 7.36. The zero-order chi connectivity index (χ0) is 35.1. The number of ether oxygens (including phenoxy) is 1. The summed E-state index contributed by atoms with van der Waals surface area (Å²) in [4.78, 5) is 47.2. The van der Waals surface area contributed by atoms with Gasteiger partial charge in [0.25, 0.3) is 11.8 Å². The van der Waals surface area contributed by atoms with E-state index in [1.807, 2.05) is 97.1 Å². The smallest absolute Gasteiger partial charge is 0.410 e. The van der Waals surface area contributed by atoms with Gasteiger partial charge in [-0.15, -0.1) is 0 Å². The van der Waals surface area contributed by atoms with E-state index in [-0.39, 0.29) is 17.9 Å². The molecule has 0 saturated carbocycles. The van der Waals surface area contributed by atoms with Crippen molar-refractivity contribution < 1.29 is 19.1 Å². The van der Waals surface area contributed by atoms with Crippen LogP contribution in [0.25, 0.3) is 11.3 Å². The van der Waals surface area contributed by atoms with Crippen LogP contribution in [0.4, 0.5) is 10.5 Å². The lowest BCUT2D eigenvalue weighted by atomic mass is 9.90. The molecule has 3 heterocycles. The van der Waals surface area contributed by atoms with Gasteiger partial charge >= 0.3 is 6.09 Å². The summed E-state index contributed by atoms with van der Waals surface area (Å²) in [6, 6.07) is 31.3. The number of benzene rings is 4. The Hall–Kier alpha value is -5.63. The number of aryl methyl sites for hydroxylation is 1. The van der Waals surface area contributed by atoms with E-state index < -0.39 is 6.09 Å². The first-order chi connectivity index (χ1) is 24.1. The summed E-state index contributed by atoms with van der Waals surface area (Å²) in [6.07, 6.45) is 0.967. The van der Waals surface area contributed by atoms with Crippen LogP contribution in [0.2, 0.25) is 0 Å². The number of anilines is 1. The Kier molecular flexibility index (Phi) is 8.78. The third kappa shape index (κ3) is 6.17. The fraction of sp³-hybridized carbons (Fsp3) is 0.262. The molecule has 1 atom stereocenters. The highest BCUT2D eigenvalue weighted by Gasteiger charge is 2.32. The molecular weight excluding hydrogens is 624 g/mol. The Labute approximate surface area is 293 Å². The van der Waals surface area contributed by atoms with Crippen molar-refractivity contribution in [3.05, 3.63) is 142 Å². The topological polar surface area (TPSA) is 75.1 Å². The van der Waals surface area contributed by atoms with Crippen molar-refractivity contribution in [2.45, 2.75) is 52.7 Å². The lowest BCUT2D eigenvalue weighted by Gasteiger charge is -2.36. The van der Waals surface area contributed by atoms with Gasteiger partial charge in [-0.3, -0.25) is 9.59 Å². The Morgan fingerprint density at radius 1 is 0.780 bits per heavy atom. The fourth-order valence-electron chi connectivity index (χ4n) is 7.15. The number of nitrogens with zero attached hydrogens (tertiary/aromatic N) is 4. The van der Waals surface area contributed by atoms with Crippen molar-refractivity contribution in [3.8, 4) is 17.0 Å². The van der Waals surface area contributed by atoms with Gasteiger partial charge in [-0.2, -0.15) is 0 Å². The first-order valence-electron chi connectivity index (χ1n) is 17.2. The van der Waals surface area contributed by atoms with Crippen LogP contribution < -0.4 is 9.64 Å². The molecule has 50 heavy (non-hydrogen) atoms. The third-order valence-electron chi connectivity index (χ3n) is 10.3. The van der Waals surface area contributed by atoms with Crippen LogP contribution in [0.3, 0.4) is 0 Å². The molecule has 0 aliphatic carbocycles. The van der Waals surface area contributed by atoms with Gasteiger partial charge in [-0.25, -0.2) is 4.79 Å². The van der Waals surface area contributed by atoms with Crippen LogP contribution >= 0.6 is 0 Å². The van der Waals surface area contributed by atoms with E-state index in [9.17, 15) is 14.4 Å². The van der Waals surface area contributed by atoms with Gasteiger partial charge in [0.05, 0.1) is 5.56 Å². The molecule has 0 spiro atoms. The van der Waals surface area contributed by atoms with Crippen LogP contribution in [0.1, 0.15) is 61.2 Å². The van der Waals surface area contributed by atoms with Gasteiger partial charge in [-0.05, 0) is 98.3 Å². The summed E-state index contributed by atoms with van der Waals surface area (Å²) >= 11 is 0. The molecule has 3 amide bonds. The first-order valence-corrected chi connectivity index (χ1v) is 17.2. The highest BCUT2D eigenvalue weighted by Crippen LogP contribution is 2.36. The average molecular weight is 667 g/mol. The maximum atomic E-state index is 14.8. The molecule has 2 aliphatic rings. The number of amides is 3. The number of aromatic nitrogens is 1. The molecule has 0 fully saturated rings. The van der Waals surface area contributed by atoms with Crippen molar-refractivity contribution in [2.24, 2.45) is 7.05 Å². The molecular formula is C42H42N4O4. The van der Waals surface area contributed by atoms with Crippen molar-refractivity contribution in [2.75, 3.05) is 18.5 Å². The second-order valence-electron chi connectivity index (χ2n) is 13.6. The van der Waals surface area contributed by atoms with Crippen molar-refractivity contribution in [1.82, 2.24) is 14.4 Å². The molecule has 0 N–H and O–H groups in total. The lowest BCUT2D eigenvalue weighted by molar-refractivity contribution is 0.0658. The van der Waals surface area contributed by atoms with E-state index >= 15 is 0 Å². The highest BCUT2D eigenvalue weighted by atomic mass is 16.6. The Morgan fingerprint density at radius 3 is 2.22 bits per heavy atom. The van der Waals surface area contributed by atoms with E-state index in [0.717, 1.165) is 51.3 Å². The summed E-state index contributed by atoms with van der Waals surface area (Å²) in [5, 5.41) is 0. The minimum Gasteiger partial charge on any atom is -0.410 e. The standard InChI is InChI=1S/C42H42N4O4/c1-27-15-17-35(18-16-27)50-42(49)45-20-19-31-22-37(39-24-36(29(3)43(39)4)40(47)44(5)34-13-7-6-8-14-34)38(23-33(31)25-45)41(48)46-26-32-12-10-9-11-30(32)21-28(46)2/h6-18,22-24,28H,19-21,25-26H2,1-5H3. The fourth-order valence-corrected chi connectivity index (χ4v) is 7.15. The van der Waals surface area contributed by atoms with Crippen molar-refractivity contribution in [1.29, 1.82) is 0 Å². The molecule has 254 valence electrons. The number of rotatable bonds is 5. The molecule has 0 bridgehead atoms.